The number of ether oxygens (including phenoxy) is 1. The summed E-state index contributed by atoms with van der Waals surface area (Å²) in [6, 6.07) is 14.1. The lowest BCUT2D eigenvalue weighted by Crippen LogP contribution is -2.07. The van der Waals surface area contributed by atoms with E-state index in [9.17, 15) is 9.59 Å². The van der Waals surface area contributed by atoms with Crippen LogP contribution >= 0.6 is 0 Å². The smallest absolute Gasteiger partial charge is 0.203 e. The van der Waals surface area contributed by atoms with Gasteiger partial charge >= 0.3 is 0 Å². The summed E-state index contributed by atoms with van der Waals surface area (Å²) in [4.78, 5) is 22.8. The third-order valence-corrected chi connectivity index (χ3v) is 2.88. The van der Waals surface area contributed by atoms with Gasteiger partial charge < -0.3 is 9.15 Å². The zero-order chi connectivity index (χ0) is 13.9. The maximum absolute atomic E-state index is 12.0. The highest BCUT2D eigenvalue weighted by molar-refractivity contribution is 5.84. The second kappa shape index (κ2) is 5.01. The van der Waals surface area contributed by atoms with Gasteiger partial charge in [-0.15, -0.1) is 0 Å². The van der Waals surface area contributed by atoms with Gasteiger partial charge in [-0.05, 0) is 30.3 Å². The molecule has 0 radical (unpaired) electrons. The Morgan fingerprint density at radius 2 is 1.80 bits per heavy atom. The molecule has 0 fully saturated rings. The molecule has 20 heavy (non-hydrogen) atoms. The predicted molar refractivity (Wildman–Crippen MR) is 74.4 cm³/mol. The molecule has 4 heteroatoms. The summed E-state index contributed by atoms with van der Waals surface area (Å²) in [6.07, 6.45) is 1.64. The van der Waals surface area contributed by atoms with E-state index in [0.29, 0.717) is 28.8 Å². The molecule has 2 aromatic carbocycles. The Kier molecular flexibility index (Phi) is 3.05. The Balaban J connectivity index is 2.08. The first-order valence-electron chi connectivity index (χ1n) is 6.01. The zero-order valence-corrected chi connectivity index (χ0v) is 10.4. The van der Waals surface area contributed by atoms with Gasteiger partial charge in [-0.1, -0.05) is 18.2 Å². The van der Waals surface area contributed by atoms with Gasteiger partial charge in [0.15, 0.2) is 6.29 Å². The number of fused-ring (bicyclic) bond motifs is 1. The quantitative estimate of drug-likeness (QED) is 0.682. The zero-order valence-electron chi connectivity index (χ0n) is 10.4. The first-order chi connectivity index (χ1) is 9.78. The molecule has 0 aliphatic carbocycles. The number of carbonyl (C=O) groups excluding carboxylic acids is 1. The summed E-state index contributed by atoms with van der Waals surface area (Å²) < 4.78 is 10.9. The highest BCUT2D eigenvalue weighted by atomic mass is 16.5. The normalized spacial score (nSPS) is 10.4. The number of carbonyl (C=O) groups is 1. The molecule has 0 N–H and O–H groups in total. The van der Waals surface area contributed by atoms with Gasteiger partial charge in [0.1, 0.15) is 23.3 Å². The first-order valence-corrected chi connectivity index (χ1v) is 6.01. The van der Waals surface area contributed by atoms with E-state index in [4.69, 9.17) is 9.15 Å². The van der Waals surface area contributed by atoms with Crippen LogP contribution in [0.2, 0.25) is 0 Å². The molecule has 1 aromatic heterocycles. The lowest BCUT2D eigenvalue weighted by Gasteiger charge is -2.06. The standard InChI is InChI=1S/C16H10O4/c17-9-11-10-19-15-7-6-13(8-14(15)16(11)18)20-12-4-2-1-3-5-12/h1-10H. The number of hydrogen-bond acceptors (Lipinski definition) is 4. The van der Waals surface area contributed by atoms with Crippen molar-refractivity contribution in [2.75, 3.05) is 0 Å². The summed E-state index contributed by atoms with van der Waals surface area (Å²) in [7, 11) is 0. The number of hydrogen-bond donors (Lipinski definition) is 0. The van der Waals surface area contributed by atoms with E-state index in [1.165, 1.54) is 0 Å². The Hall–Kier alpha value is -2.88. The topological polar surface area (TPSA) is 56.5 Å². The fourth-order valence-electron chi connectivity index (χ4n) is 1.89. The second-order valence-corrected chi connectivity index (χ2v) is 4.21. The Labute approximate surface area is 114 Å². The molecule has 0 bridgehead atoms. The Morgan fingerprint density at radius 1 is 1.00 bits per heavy atom. The third kappa shape index (κ3) is 2.19. The minimum atomic E-state index is -0.361. The van der Waals surface area contributed by atoms with Crippen molar-refractivity contribution in [1.82, 2.24) is 0 Å². The summed E-state index contributed by atoms with van der Waals surface area (Å²) in [5.41, 5.74) is 0.0511. The third-order valence-electron chi connectivity index (χ3n) is 2.88. The second-order valence-electron chi connectivity index (χ2n) is 4.21. The van der Waals surface area contributed by atoms with Gasteiger partial charge in [-0.3, -0.25) is 9.59 Å². The average molecular weight is 266 g/mol. The van der Waals surface area contributed by atoms with Crippen LogP contribution in [-0.2, 0) is 0 Å². The Bertz CT molecular complexity index is 819. The van der Waals surface area contributed by atoms with Gasteiger partial charge in [0.2, 0.25) is 5.43 Å². The van der Waals surface area contributed by atoms with Crippen LogP contribution in [0.15, 0.2) is 64.0 Å². The summed E-state index contributed by atoms with van der Waals surface area (Å²) in [5.74, 6) is 1.18. The van der Waals surface area contributed by atoms with E-state index in [1.54, 1.807) is 18.2 Å². The van der Waals surface area contributed by atoms with Crippen LogP contribution < -0.4 is 10.2 Å². The van der Waals surface area contributed by atoms with Crippen molar-refractivity contribution in [2.24, 2.45) is 0 Å². The minimum Gasteiger partial charge on any atom is -0.463 e. The Morgan fingerprint density at radius 3 is 2.55 bits per heavy atom. The lowest BCUT2D eigenvalue weighted by molar-refractivity contribution is 0.112. The largest absolute Gasteiger partial charge is 0.463 e. The molecule has 0 saturated carbocycles. The van der Waals surface area contributed by atoms with E-state index in [-0.39, 0.29) is 11.0 Å². The van der Waals surface area contributed by atoms with Crippen molar-refractivity contribution in [3.63, 3.8) is 0 Å². The SMILES string of the molecule is O=Cc1coc2ccc(Oc3ccccc3)cc2c1=O. The van der Waals surface area contributed by atoms with Crippen LogP contribution in [0.5, 0.6) is 11.5 Å². The molecular formula is C16H10O4. The van der Waals surface area contributed by atoms with Gasteiger partial charge in [0, 0.05) is 0 Å². The molecular weight excluding hydrogens is 256 g/mol. The van der Waals surface area contributed by atoms with E-state index >= 15 is 0 Å². The van der Waals surface area contributed by atoms with Gasteiger partial charge in [0.05, 0.1) is 10.9 Å². The maximum atomic E-state index is 12.0. The van der Waals surface area contributed by atoms with Crippen LogP contribution in [0.25, 0.3) is 11.0 Å². The maximum Gasteiger partial charge on any atom is 0.203 e. The summed E-state index contributed by atoms with van der Waals surface area (Å²) in [6.45, 7) is 0. The van der Waals surface area contributed by atoms with E-state index < -0.39 is 0 Å². The monoisotopic (exact) mass is 266 g/mol. The fraction of sp³-hybridized carbons (Fsp3) is 0. The van der Waals surface area contributed by atoms with Crippen LogP contribution in [0.1, 0.15) is 10.4 Å². The van der Waals surface area contributed by atoms with Crippen molar-refractivity contribution >= 4 is 17.3 Å². The molecule has 4 nitrogen and oxygen atoms in total. The van der Waals surface area contributed by atoms with Crippen LogP contribution in [-0.4, -0.2) is 6.29 Å². The molecule has 1 heterocycles. The molecule has 98 valence electrons. The molecule has 0 amide bonds. The first kappa shape index (κ1) is 12.2. The van der Waals surface area contributed by atoms with E-state index in [1.807, 2.05) is 30.3 Å². The predicted octanol–water partition coefficient (Wildman–Crippen LogP) is 3.40. The summed E-state index contributed by atoms with van der Waals surface area (Å²) in [5, 5.41) is 0.322. The highest BCUT2D eigenvalue weighted by Gasteiger charge is 2.08. The molecule has 3 aromatic rings. The fourth-order valence-corrected chi connectivity index (χ4v) is 1.89. The van der Waals surface area contributed by atoms with Gasteiger partial charge in [-0.25, -0.2) is 0 Å². The highest BCUT2D eigenvalue weighted by Crippen LogP contribution is 2.24. The van der Waals surface area contributed by atoms with Crippen LogP contribution in [0.4, 0.5) is 0 Å². The molecule has 0 unspecified atom stereocenters. The van der Waals surface area contributed by atoms with Crippen molar-refractivity contribution in [2.45, 2.75) is 0 Å². The minimum absolute atomic E-state index is 0.00522. The molecule has 0 spiro atoms. The lowest BCUT2D eigenvalue weighted by atomic mass is 10.2. The molecule has 0 aliphatic heterocycles. The van der Waals surface area contributed by atoms with Gasteiger partial charge in [0.25, 0.3) is 0 Å². The van der Waals surface area contributed by atoms with Gasteiger partial charge in [-0.2, -0.15) is 0 Å². The number of benzene rings is 2. The molecule has 3 rings (SSSR count). The van der Waals surface area contributed by atoms with Crippen LogP contribution in [0.3, 0.4) is 0 Å². The number of para-hydroxylation sites is 1. The average Bonchev–Trinajstić information content (AvgIpc) is 2.49. The number of aldehydes is 1. The number of rotatable bonds is 3. The van der Waals surface area contributed by atoms with Crippen molar-refractivity contribution in [1.29, 1.82) is 0 Å². The molecule has 0 aliphatic rings. The van der Waals surface area contributed by atoms with Crippen LogP contribution in [0, 0.1) is 0 Å². The van der Waals surface area contributed by atoms with Crippen molar-refractivity contribution in [3.05, 3.63) is 70.6 Å². The molecule has 0 saturated heterocycles. The summed E-state index contributed by atoms with van der Waals surface area (Å²) >= 11 is 0. The van der Waals surface area contributed by atoms with E-state index in [2.05, 4.69) is 0 Å². The molecule has 0 atom stereocenters. The van der Waals surface area contributed by atoms with E-state index in [0.717, 1.165) is 6.26 Å². The van der Waals surface area contributed by atoms with Crippen molar-refractivity contribution in [3.8, 4) is 11.5 Å². The van der Waals surface area contributed by atoms with Crippen molar-refractivity contribution < 1.29 is 13.9 Å².